The molecule has 0 aliphatic heterocycles. The summed E-state index contributed by atoms with van der Waals surface area (Å²) in [6.07, 6.45) is 2.94. The van der Waals surface area contributed by atoms with Gasteiger partial charge in [0.15, 0.2) is 0 Å². The zero-order valence-corrected chi connectivity index (χ0v) is 13.7. The number of ketones is 2. The number of rotatable bonds is 5. The van der Waals surface area contributed by atoms with Gasteiger partial charge in [0.05, 0.1) is 0 Å². The number of carbonyl (C=O) groups is 2. The van der Waals surface area contributed by atoms with E-state index in [2.05, 4.69) is 31.2 Å². The Kier molecular flexibility index (Phi) is 4.61. The predicted molar refractivity (Wildman–Crippen MR) is 94.1 cm³/mol. The van der Waals surface area contributed by atoms with Crippen LogP contribution in [0.25, 0.3) is 5.76 Å². The van der Waals surface area contributed by atoms with Gasteiger partial charge in [-0.2, -0.15) is 0 Å². The number of aliphatic hydroxyl groups excluding tert-OH is 1. The monoisotopic (exact) mass is 320 g/mol. The number of carbonyl (C=O) groups excluding carboxylic acids is 2. The molecule has 0 radical (unpaired) electrons. The zero-order chi connectivity index (χ0) is 17.1. The van der Waals surface area contributed by atoms with Crippen molar-refractivity contribution in [1.29, 1.82) is 0 Å². The van der Waals surface area contributed by atoms with Crippen molar-refractivity contribution in [2.45, 2.75) is 32.6 Å². The fraction of sp³-hybridized carbons (Fsp3) is 0.238. The highest BCUT2D eigenvalue weighted by Gasteiger charge is 2.31. The van der Waals surface area contributed by atoms with Crippen molar-refractivity contribution >= 4 is 17.3 Å². The number of aliphatic hydroxyl groups is 1. The van der Waals surface area contributed by atoms with E-state index >= 15 is 0 Å². The molecule has 0 spiro atoms. The average Bonchev–Trinajstić information content (AvgIpc) is 2.63. The second kappa shape index (κ2) is 6.83. The zero-order valence-electron chi connectivity index (χ0n) is 13.7. The van der Waals surface area contributed by atoms with Crippen molar-refractivity contribution in [1.82, 2.24) is 0 Å². The molecule has 0 amide bonds. The van der Waals surface area contributed by atoms with E-state index < -0.39 is 11.6 Å². The Labute approximate surface area is 141 Å². The van der Waals surface area contributed by atoms with Gasteiger partial charge in [-0.05, 0) is 36.8 Å². The quantitative estimate of drug-likeness (QED) is 0.835. The molecule has 2 aromatic rings. The summed E-state index contributed by atoms with van der Waals surface area (Å²) in [7, 11) is 0. The van der Waals surface area contributed by atoms with Crippen molar-refractivity contribution in [2.24, 2.45) is 0 Å². The van der Waals surface area contributed by atoms with Crippen molar-refractivity contribution < 1.29 is 14.7 Å². The molecule has 3 nitrogen and oxygen atoms in total. The molecule has 0 unspecified atom stereocenters. The summed E-state index contributed by atoms with van der Waals surface area (Å²) in [5.74, 6) is -1.14. The third-order valence-corrected chi connectivity index (χ3v) is 4.52. The van der Waals surface area contributed by atoms with Crippen LogP contribution in [0.3, 0.4) is 0 Å². The van der Waals surface area contributed by atoms with Crippen molar-refractivity contribution in [2.75, 3.05) is 0 Å². The van der Waals surface area contributed by atoms with Gasteiger partial charge in [0, 0.05) is 16.7 Å². The van der Waals surface area contributed by atoms with E-state index in [1.54, 1.807) is 24.3 Å². The fourth-order valence-corrected chi connectivity index (χ4v) is 3.06. The minimum absolute atomic E-state index is 0.0449. The van der Waals surface area contributed by atoms with Crippen molar-refractivity contribution in [3.05, 3.63) is 76.4 Å². The molecule has 0 fully saturated rings. The van der Waals surface area contributed by atoms with Crippen molar-refractivity contribution in [3.8, 4) is 0 Å². The van der Waals surface area contributed by atoms with E-state index in [4.69, 9.17) is 0 Å². The van der Waals surface area contributed by atoms with Gasteiger partial charge in [-0.25, -0.2) is 0 Å². The molecule has 1 N–H and O–H groups in total. The minimum Gasteiger partial charge on any atom is -0.507 e. The number of aryl methyl sites for hydroxylation is 2. The lowest BCUT2D eigenvalue weighted by atomic mass is 9.86. The number of allylic oxidation sites excluding steroid dienone is 1. The summed E-state index contributed by atoms with van der Waals surface area (Å²) >= 11 is 0. The standard InChI is InChI=1S/C21H20O3/c1-2-14-10-12-15(13-11-14)6-5-9-18-19(22)16-7-3-4-8-17(16)20(23)21(18)24/h3-4,7-8,10-13,22H,2,5-6,9H2,1H3. The largest absolute Gasteiger partial charge is 0.507 e. The molecular formula is C21H20O3. The second-order valence-electron chi connectivity index (χ2n) is 6.05. The van der Waals surface area contributed by atoms with Crippen LogP contribution in [0.1, 0.15) is 46.8 Å². The number of Topliss-reactive ketones (excluding diaryl/α,β-unsaturated/α-hetero) is 2. The van der Waals surface area contributed by atoms with Crippen LogP contribution in [0.2, 0.25) is 0 Å². The third-order valence-electron chi connectivity index (χ3n) is 4.52. The Morgan fingerprint density at radius 2 is 1.42 bits per heavy atom. The molecular weight excluding hydrogens is 300 g/mol. The Morgan fingerprint density at radius 1 is 0.792 bits per heavy atom. The van der Waals surface area contributed by atoms with Crippen LogP contribution in [-0.4, -0.2) is 16.7 Å². The van der Waals surface area contributed by atoms with Gasteiger partial charge in [-0.1, -0.05) is 55.5 Å². The first-order chi connectivity index (χ1) is 11.6. The highest BCUT2D eigenvalue weighted by Crippen LogP contribution is 2.30. The number of hydrogen-bond donors (Lipinski definition) is 1. The molecule has 3 rings (SSSR count). The summed E-state index contributed by atoms with van der Waals surface area (Å²) < 4.78 is 0. The molecule has 0 heterocycles. The summed E-state index contributed by atoms with van der Waals surface area (Å²) in [4.78, 5) is 24.4. The van der Waals surface area contributed by atoms with Gasteiger partial charge in [0.25, 0.3) is 0 Å². The lowest BCUT2D eigenvalue weighted by Gasteiger charge is -2.17. The first-order valence-corrected chi connectivity index (χ1v) is 8.30. The molecule has 0 saturated carbocycles. The van der Waals surface area contributed by atoms with E-state index in [1.807, 2.05) is 0 Å². The molecule has 2 aromatic carbocycles. The maximum atomic E-state index is 12.3. The fourth-order valence-electron chi connectivity index (χ4n) is 3.06. The summed E-state index contributed by atoms with van der Waals surface area (Å²) in [5.41, 5.74) is 3.48. The average molecular weight is 320 g/mol. The van der Waals surface area contributed by atoms with Crippen LogP contribution in [0.15, 0.2) is 54.1 Å². The van der Waals surface area contributed by atoms with Gasteiger partial charge >= 0.3 is 0 Å². The highest BCUT2D eigenvalue weighted by atomic mass is 16.3. The van der Waals surface area contributed by atoms with E-state index in [1.165, 1.54) is 11.1 Å². The first-order valence-electron chi connectivity index (χ1n) is 8.30. The molecule has 122 valence electrons. The second-order valence-corrected chi connectivity index (χ2v) is 6.05. The van der Waals surface area contributed by atoms with Gasteiger partial charge in [0.2, 0.25) is 11.6 Å². The summed E-state index contributed by atoms with van der Waals surface area (Å²) in [5, 5.41) is 10.4. The van der Waals surface area contributed by atoms with E-state index in [9.17, 15) is 14.7 Å². The lowest BCUT2D eigenvalue weighted by Crippen LogP contribution is -2.24. The molecule has 1 aliphatic rings. The van der Waals surface area contributed by atoms with Gasteiger partial charge < -0.3 is 5.11 Å². The van der Waals surface area contributed by atoms with E-state index in [0.29, 0.717) is 24.0 Å². The van der Waals surface area contributed by atoms with Crippen LogP contribution >= 0.6 is 0 Å². The lowest BCUT2D eigenvalue weighted by molar-refractivity contribution is -0.112. The number of hydrogen-bond acceptors (Lipinski definition) is 3. The van der Waals surface area contributed by atoms with Gasteiger partial charge in [0.1, 0.15) is 5.76 Å². The van der Waals surface area contributed by atoms with Gasteiger partial charge in [-0.3, -0.25) is 9.59 Å². The molecule has 24 heavy (non-hydrogen) atoms. The molecule has 0 aromatic heterocycles. The number of fused-ring (bicyclic) bond motifs is 1. The maximum Gasteiger partial charge on any atom is 0.234 e. The van der Waals surface area contributed by atoms with Crippen LogP contribution in [0, 0.1) is 0 Å². The van der Waals surface area contributed by atoms with E-state index in [0.717, 1.165) is 12.8 Å². The summed E-state index contributed by atoms with van der Waals surface area (Å²) in [6.45, 7) is 2.12. The van der Waals surface area contributed by atoms with Crippen LogP contribution in [0.4, 0.5) is 0 Å². The highest BCUT2D eigenvalue weighted by molar-refractivity contribution is 6.52. The maximum absolute atomic E-state index is 12.3. The molecule has 0 saturated heterocycles. The Bertz CT molecular complexity index is 813. The smallest absolute Gasteiger partial charge is 0.234 e. The van der Waals surface area contributed by atoms with E-state index in [-0.39, 0.29) is 11.3 Å². The molecule has 0 bridgehead atoms. The van der Waals surface area contributed by atoms with Crippen molar-refractivity contribution in [3.63, 3.8) is 0 Å². The SMILES string of the molecule is CCc1ccc(CCCC2=C(O)c3ccccc3C(=O)C2=O)cc1. The predicted octanol–water partition coefficient (Wildman–Crippen LogP) is 4.31. The Morgan fingerprint density at radius 3 is 2.08 bits per heavy atom. The molecule has 1 aliphatic carbocycles. The topological polar surface area (TPSA) is 54.4 Å². The third kappa shape index (κ3) is 3.02. The molecule has 0 atom stereocenters. The van der Waals surface area contributed by atoms with Crippen LogP contribution in [0.5, 0.6) is 0 Å². The van der Waals surface area contributed by atoms with Crippen LogP contribution in [-0.2, 0) is 17.6 Å². The summed E-state index contributed by atoms with van der Waals surface area (Å²) in [6, 6.07) is 15.1. The van der Waals surface area contributed by atoms with Crippen LogP contribution < -0.4 is 0 Å². The first kappa shape index (κ1) is 16.2. The molecule has 3 heteroatoms. The number of benzene rings is 2. The Hall–Kier alpha value is -2.68. The normalized spacial score (nSPS) is 14.0. The minimum atomic E-state index is -0.576. The Balaban J connectivity index is 1.74. The van der Waals surface area contributed by atoms with Gasteiger partial charge in [-0.15, -0.1) is 0 Å².